The minimum absolute atomic E-state index is 0.175. The van der Waals surface area contributed by atoms with Crippen molar-refractivity contribution in [2.75, 3.05) is 18.5 Å². The lowest BCUT2D eigenvalue weighted by Crippen LogP contribution is -2.28. The van der Waals surface area contributed by atoms with Gasteiger partial charge in [-0.15, -0.1) is 0 Å². The van der Waals surface area contributed by atoms with Gasteiger partial charge in [0, 0.05) is 19.2 Å². The van der Waals surface area contributed by atoms with E-state index in [0.29, 0.717) is 12.4 Å². The van der Waals surface area contributed by atoms with E-state index in [-0.39, 0.29) is 18.9 Å². The molecule has 0 bridgehead atoms. The summed E-state index contributed by atoms with van der Waals surface area (Å²) in [6.07, 6.45) is 1.29. The normalized spacial score (nSPS) is 9.67. The number of aryl methyl sites for hydroxylation is 1. The summed E-state index contributed by atoms with van der Waals surface area (Å²) in [4.78, 5) is 26.5. The predicted octanol–water partition coefficient (Wildman–Crippen LogP) is 1.46. The molecule has 18 heavy (non-hydrogen) atoms. The Hall–Kier alpha value is -2.11. The summed E-state index contributed by atoms with van der Waals surface area (Å²) in [5, 5.41) is 5.12. The van der Waals surface area contributed by atoms with Crippen molar-refractivity contribution in [3.63, 3.8) is 0 Å². The second-order valence-corrected chi connectivity index (χ2v) is 3.66. The van der Waals surface area contributed by atoms with Crippen LogP contribution in [-0.2, 0) is 9.53 Å². The zero-order valence-electron chi connectivity index (χ0n) is 10.5. The first-order valence-electron chi connectivity index (χ1n) is 5.75. The lowest BCUT2D eigenvalue weighted by Gasteiger charge is -2.06. The van der Waals surface area contributed by atoms with Gasteiger partial charge >= 0.3 is 6.09 Å². The number of amides is 2. The highest BCUT2D eigenvalue weighted by atomic mass is 16.5. The van der Waals surface area contributed by atoms with E-state index in [1.807, 2.05) is 13.0 Å². The third kappa shape index (κ3) is 5.29. The van der Waals surface area contributed by atoms with Crippen LogP contribution >= 0.6 is 0 Å². The van der Waals surface area contributed by atoms with Crippen molar-refractivity contribution >= 4 is 17.8 Å². The fourth-order valence-electron chi connectivity index (χ4n) is 1.27. The second-order valence-electron chi connectivity index (χ2n) is 3.66. The zero-order chi connectivity index (χ0) is 13.4. The van der Waals surface area contributed by atoms with Crippen molar-refractivity contribution in [3.8, 4) is 0 Å². The van der Waals surface area contributed by atoms with Gasteiger partial charge in [-0.05, 0) is 31.5 Å². The SMILES string of the molecule is CCOC(=O)NCCC(=O)Nc1cc(C)ccn1. The Morgan fingerprint density at radius 2 is 2.22 bits per heavy atom. The van der Waals surface area contributed by atoms with Crippen LogP contribution in [-0.4, -0.2) is 30.1 Å². The number of alkyl carbamates (subject to hydrolysis) is 1. The standard InChI is InChI=1S/C12H17N3O3/c1-3-18-12(17)14-7-5-11(16)15-10-8-9(2)4-6-13-10/h4,6,8H,3,5,7H2,1-2H3,(H,14,17)(H,13,15,16). The van der Waals surface area contributed by atoms with Gasteiger partial charge < -0.3 is 15.4 Å². The van der Waals surface area contributed by atoms with Crippen LogP contribution in [0.5, 0.6) is 0 Å². The third-order valence-corrected chi connectivity index (χ3v) is 2.08. The van der Waals surface area contributed by atoms with E-state index in [4.69, 9.17) is 0 Å². The number of hydrogen-bond acceptors (Lipinski definition) is 4. The number of aromatic nitrogens is 1. The summed E-state index contributed by atoms with van der Waals surface area (Å²) in [6.45, 7) is 4.18. The van der Waals surface area contributed by atoms with Crippen LogP contribution in [0.15, 0.2) is 18.3 Å². The molecule has 0 fully saturated rings. The molecule has 1 heterocycles. The van der Waals surface area contributed by atoms with Crippen molar-refractivity contribution < 1.29 is 14.3 Å². The van der Waals surface area contributed by atoms with Gasteiger partial charge in [-0.2, -0.15) is 0 Å². The van der Waals surface area contributed by atoms with E-state index in [9.17, 15) is 9.59 Å². The van der Waals surface area contributed by atoms with Gasteiger partial charge in [-0.1, -0.05) is 0 Å². The lowest BCUT2D eigenvalue weighted by molar-refractivity contribution is -0.116. The van der Waals surface area contributed by atoms with Crippen LogP contribution in [0, 0.1) is 6.92 Å². The van der Waals surface area contributed by atoms with Crippen molar-refractivity contribution in [1.82, 2.24) is 10.3 Å². The molecule has 0 spiro atoms. The van der Waals surface area contributed by atoms with E-state index < -0.39 is 6.09 Å². The fraction of sp³-hybridized carbons (Fsp3) is 0.417. The number of rotatable bonds is 5. The molecule has 0 aromatic carbocycles. The number of carbonyl (C=O) groups excluding carboxylic acids is 2. The number of carbonyl (C=O) groups is 2. The Kier molecular flexibility index (Phi) is 5.63. The van der Waals surface area contributed by atoms with Crippen molar-refractivity contribution in [1.29, 1.82) is 0 Å². The fourth-order valence-corrected chi connectivity index (χ4v) is 1.27. The van der Waals surface area contributed by atoms with Crippen LogP contribution in [0.3, 0.4) is 0 Å². The highest BCUT2D eigenvalue weighted by Crippen LogP contribution is 2.05. The Morgan fingerprint density at radius 1 is 1.44 bits per heavy atom. The molecule has 1 rings (SSSR count). The molecule has 1 aromatic heterocycles. The van der Waals surface area contributed by atoms with Crippen LogP contribution in [0.25, 0.3) is 0 Å². The Balaban J connectivity index is 2.28. The molecule has 0 aliphatic rings. The lowest BCUT2D eigenvalue weighted by atomic mass is 10.3. The summed E-state index contributed by atoms with van der Waals surface area (Å²) in [7, 11) is 0. The topological polar surface area (TPSA) is 80.3 Å². The molecule has 0 radical (unpaired) electrons. The number of hydrogen-bond donors (Lipinski definition) is 2. The summed E-state index contributed by atoms with van der Waals surface area (Å²) in [6, 6.07) is 3.62. The molecule has 0 atom stereocenters. The highest BCUT2D eigenvalue weighted by Gasteiger charge is 2.05. The quantitative estimate of drug-likeness (QED) is 0.830. The molecular formula is C12H17N3O3. The van der Waals surface area contributed by atoms with Crippen LogP contribution < -0.4 is 10.6 Å². The van der Waals surface area contributed by atoms with Crippen molar-refractivity contribution in [2.24, 2.45) is 0 Å². The van der Waals surface area contributed by atoms with Crippen molar-refractivity contribution in [3.05, 3.63) is 23.9 Å². The van der Waals surface area contributed by atoms with E-state index >= 15 is 0 Å². The molecule has 2 N–H and O–H groups in total. The highest BCUT2D eigenvalue weighted by molar-refractivity contribution is 5.90. The Labute approximate surface area is 106 Å². The summed E-state index contributed by atoms with van der Waals surface area (Å²) in [5.74, 6) is 0.307. The van der Waals surface area contributed by atoms with Gasteiger partial charge in [-0.25, -0.2) is 9.78 Å². The van der Waals surface area contributed by atoms with Crippen LogP contribution in [0.1, 0.15) is 18.9 Å². The second kappa shape index (κ2) is 7.26. The molecule has 0 saturated carbocycles. The summed E-state index contributed by atoms with van der Waals surface area (Å²) in [5.41, 5.74) is 1.02. The van der Waals surface area contributed by atoms with Gasteiger partial charge in [0.1, 0.15) is 5.82 Å². The van der Waals surface area contributed by atoms with Crippen molar-refractivity contribution in [2.45, 2.75) is 20.3 Å². The first-order chi connectivity index (χ1) is 8.61. The van der Waals surface area contributed by atoms with Gasteiger partial charge in [0.05, 0.1) is 6.61 Å². The molecule has 6 heteroatoms. The van der Waals surface area contributed by atoms with Gasteiger partial charge in [0.25, 0.3) is 0 Å². The third-order valence-electron chi connectivity index (χ3n) is 2.08. The van der Waals surface area contributed by atoms with E-state index in [1.165, 1.54) is 0 Å². The minimum Gasteiger partial charge on any atom is -0.450 e. The number of nitrogens with zero attached hydrogens (tertiary/aromatic N) is 1. The molecule has 0 saturated heterocycles. The number of nitrogens with one attached hydrogen (secondary N) is 2. The number of ether oxygens (including phenoxy) is 1. The minimum atomic E-state index is -0.515. The Bertz CT molecular complexity index is 421. The van der Waals surface area contributed by atoms with Crippen LogP contribution in [0.4, 0.5) is 10.6 Å². The maximum absolute atomic E-state index is 11.5. The number of pyridine rings is 1. The molecule has 0 aliphatic carbocycles. The van der Waals surface area contributed by atoms with E-state index in [0.717, 1.165) is 5.56 Å². The molecule has 1 aromatic rings. The molecular weight excluding hydrogens is 234 g/mol. The van der Waals surface area contributed by atoms with E-state index in [2.05, 4.69) is 20.4 Å². The monoisotopic (exact) mass is 251 g/mol. The van der Waals surface area contributed by atoms with E-state index in [1.54, 1.807) is 19.2 Å². The summed E-state index contributed by atoms with van der Waals surface area (Å²) < 4.78 is 4.66. The Morgan fingerprint density at radius 3 is 2.89 bits per heavy atom. The molecule has 98 valence electrons. The number of anilines is 1. The first-order valence-corrected chi connectivity index (χ1v) is 5.75. The first kappa shape index (κ1) is 14.0. The van der Waals surface area contributed by atoms with Gasteiger partial charge in [0.2, 0.25) is 5.91 Å². The van der Waals surface area contributed by atoms with Gasteiger partial charge in [-0.3, -0.25) is 4.79 Å². The molecule has 6 nitrogen and oxygen atoms in total. The largest absolute Gasteiger partial charge is 0.450 e. The van der Waals surface area contributed by atoms with Crippen LogP contribution in [0.2, 0.25) is 0 Å². The average molecular weight is 251 g/mol. The predicted molar refractivity (Wildman–Crippen MR) is 67.2 cm³/mol. The molecule has 0 unspecified atom stereocenters. The summed E-state index contributed by atoms with van der Waals surface area (Å²) >= 11 is 0. The smallest absolute Gasteiger partial charge is 0.407 e. The molecule has 0 aliphatic heterocycles. The average Bonchev–Trinajstić information content (AvgIpc) is 2.29. The van der Waals surface area contributed by atoms with Gasteiger partial charge in [0.15, 0.2) is 0 Å². The molecule has 2 amide bonds. The zero-order valence-corrected chi connectivity index (χ0v) is 10.5. The maximum atomic E-state index is 11.5. The maximum Gasteiger partial charge on any atom is 0.407 e.